The quantitative estimate of drug-likeness (QED) is 0.163. The first-order valence-electron chi connectivity index (χ1n) is 23.3. The summed E-state index contributed by atoms with van der Waals surface area (Å²) in [5.41, 5.74) is 3.43. The van der Waals surface area contributed by atoms with E-state index >= 15 is 0 Å². The van der Waals surface area contributed by atoms with Crippen molar-refractivity contribution in [2.45, 2.75) is 0 Å². The third kappa shape index (κ3) is 5.77. The largest absolute Gasteiger partial charge is 0.310 e. The van der Waals surface area contributed by atoms with Gasteiger partial charge in [-0.15, -0.1) is 11.3 Å². The highest BCUT2D eigenvalue weighted by molar-refractivity contribution is 7.25. The number of fused-ring (bicyclic) bond motifs is 3. The molecule has 0 atom stereocenters. The van der Waals surface area contributed by atoms with Crippen LogP contribution in [-0.4, -0.2) is 0 Å². The van der Waals surface area contributed by atoms with E-state index in [0.717, 1.165) is 26.6 Å². The van der Waals surface area contributed by atoms with Crippen molar-refractivity contribution in [3.8, 4) is 44.5 Å². The van der Waals surface area contributed by atoms with Gasteiger partial charge in [-0.25, -0.2) is 0 Å². The molecule has 236 valence electrons. The van der Waals surface area contributed by atoms with Gasteiger partial charge in [0.15, 0.2) is 0 Å². The van der Waals surface area contributed by atoms with Crippen molar-refractivity contribution in [1.29, 1.82) is 0 Å². The van der Waals surface area contributed by atoms with Gasteiger partial charge >= 0.3 is 0 Å². The molecule has 9 rings (SSSR count). The summed E-state index contributed by atoms with van der Waals surface area (Å²) in [5.74, 6) is 0. The molecule has 1 aromatic heterocycles. The van der Waals surface area contributed by atoms with Crippen LogP contribution in [0.25, 0.3) is 64.7 Å². The fourth-order valence-electron chi connectivity index (χ4n) is 6.14. The summed E-state index contributed by atoms with van der Waals surface area (Å²) in [5, 5.41) is 2.27. The molecule has 2 heteroatoms. The predicted molar refractivity (Wildman–Crippen MR) is 216 cm³/mol. The van der Waals surface area contributed by atoms with Crippen molar-refractivity contribution < 1.29 is 20.6 Å². The van der Waals surface area contributed by atoms with E-state index in [9.17, 15) is 0 Å². The Kier molecular flexibility index (Phi) is 4.67. The Morgan fingerprint density at radius 1 is 0.340 bits per heavy atom. The van der Waals surface area contributed by atoms with E-state index in [1.54, 1.807) is 52.6 Å². The number of hydrogen-bond acceptors (Lipinski definition) is 2. The first-order chi connectivity index (χ1) is 31.0. The predicted octanol–water partition coefficient (Wildman–Crippen LogP) is 14.2. The fourth-order valence-corrected chi connectivity index (χ4v) is 7.23. The van der Waals surface area contributed by atoms with E-state index in [2.05, 4.69) is 30.3 Å². The molecule has 0 amide bonds. The van der Waals surface area contributed by atoms with Gasteiger partial charge in [0.25, 0.3) is 0 Å². The number of anilines is 3. The Bertz CT molecular complexity index is 3260. The molecule has 0 saturated heterocycles. The Labute approximate surface area is 318 Å². The standard InChI is InChI=1S/C48H33NS/c1-4-12-34(13-5-1)37-20-25-42(26-21-37)49(44-31-40(35-14-6-2-7-15-35)30-41(32-44)36-16-8-3-9-17-36)43-27-22-38(23-28-43)39-24-29-48-46(33-39)45-18-10-11-19-47(45)50-48/h1-33H/i1D,2D,3D,4D,5D,6D,7D,8D,9D,12D,13D,14D,15D,16D,17D. The zero-order valence-electron chi connectivity index (χ0n) is 41.2. The van der Waals surface area contributed by atoms with E-state index in [1.807, 2.05) is 36.4 Å². The average molecular weight is 671 g/mol. The van der Waals surface area contributed by atoms with Crippen LogP contribution < -0.4 is 4.90 Å². The molecule has 1 nitrogen and oxygen atoms in total. The third-order valence-corrected chi connectivity index (χ3v) is 9.65. The number of rotatable bonds is 7. The minimum Gasteiger partial charge on any atom is -0.310 e. The van der Waals surface area contributed by atoms with Gasteiger partial charge in [0.05, 0.1) is 20.6 Å². The third-order valence-electron chi connectivity index (χ3n) is 8.50. The zero-order chi connectivity index (χ0) is 46.3. The topological polar surface area (TPSA) is 3.24 Å². The van der Waals surface area contributed by atoms with Gasteiger partial charge in [-0.3, -0.25) is 0 Å². The molecule has 0 saturated carbocycles. The highest BCUT2D eigenvalue weighted by Gasteiger charge is 2.17. The monoisotopic (exact) mass is 670 g/mol. The lowest BCUT2D eigenvalue weighted by molar-refractivity contribution is 1.28. The van der Waals surface area contributed by atoms with Gasteiger partial charge < -0.3 is 4.90 Å². The van der Waals surface area contributed by atoms with Gasteiger partial charge in [-0.2, -0.15) is 0 Å². The van der Waals surface area contributed by atoms with Crippen LogP contribution >= 0.6 is 11.3 Å². The summed E-state index contributed by atoms with van der Waals surface area (Å²) < 4.78 is 130. The van der Waals surface area contributed by atoms with Gasteiger partial charge in [0, 0.05) is 37.2 Å². The molecular formula is C48H33NS. The molecule has 0 bridgehead atoms. The molecule has 50 heavy (non-hydrogen) atoms. The maximum atomic E-state index is 8.89. The first kappa shape index (κ1) is 18.0. The molecule has 0 N–H and O–H groups in total. The van der Waals surface area contributed by atoms with Crippen molar-refractivity contribution in [1.82, 2.24) is 0 Å². The summed E-state index contributed by atoms with van der Waals surface area (Å²) in [4.78, 5) is 1.78. The van der Waals surface area contributed by atoms with E-state index in [1.165, 1.54) is 10.8 Å². The lowest BCUT2D eigenvalue weighted by Crippen LogP contribution is -2.10. The minimum atomic E-state index is -0.599. The van der Waals surface area contributed by atoms with Crippen molar-refractivity contribution in [2.24, 2.45) is 0 Å². The van der Waals surface area contributed by atoms with E-state index in [4.69, 9.17) is 20.6 Å². The highest BCUT2D eigenvalue weighted by atomic mass is 32.1. The zero-order valence-corrected chi connectivity index (χ0v) is 27.1. The maximum Gasteiger partial charge on any atom is 0.0629 e. The summed E-state index contributed by atoms with van der Waals surface area (Å²) >= 11 is 1.72. The average Bonchev–Trinajstić information content (AvgIpc) is 3.69. The maximum absolute atomic E-state index is 8.89. The van der Waals surface area contributed by atoms with Crippen LogP contribution in [0.15, 0.2) is 200 Å². The molecule has 0 unspecified atom stereocenters. The number of hydrogen-bond donors (Lipinski definition) is 0. The van der Waals surface area contributed by atoms with Crippen LogP contribution in [0.5, 0.6) is 0 Å². The first-order valence-corrected chi connectivity index (χ1v) is 16.6. The van der Waals surface area contributed by atoms with Gasteiger partial charge in [0.1, 0.15) is 0 Å². The number of nitrogens with zero attached hydrogens (tertiary/aromatic N) is 1. The second-order valence-corrected chi connectivity index (χ2v) is 12.6. The summed E-state index contributed by atoms with van der Waals surface area (Å²) in [7, 11) is 0. The Morgan fingerprint density at radius 2 is 0.800 bits per heavy atom. The Balaban J connectivity index is 1.28. The Morgan fingerprint density at radius 3 is 1.36 bits per heavy atom. The second-order valence-electron chi connectivity index (χ2n) is 11.5. The van der Waals surface area contributed by atoms with Crippen molar-refractivity contribution in [3.63, 3.8) is 0 Å². The smallest absolute Gasteiger partial charge is 0.0629 e. The molecule has 0 fully saturated rings. The van der Waals surface area contributed by atoms with Gasteiger partial charge in [0.2, 0.25) is 0 Å². The van der Waals surface area contributed by atoms with Gasteiger partial charge in [-0.1, -0.05) is 139 Å². The minimum absolute atomic E-state index is 0.000445. The molecule has 0 radical (unpaired) electrons. The van der Waals surface area contributed by atoms with Crippen LogP contribution in [0, 0.1) is 0 Å². The molecule has 9 aromatic rings. The van der Waals surface area contributed by atoms with Gasteiger partial charge in [-0.05, 0) is 105 Å². The number of thiophene rings is 1. The Hall–Kier alpha value is -6.22. The van der Waals surface area contributed by atoms with Crippen LogP contribution in [0.1, 0.15) is 20.6 Å². The van der Waals surface area contributed by atoms with E-state index in [-0.39, 0.29) is 39.9 Å². The summed E-state index contributed by atoms with van der Waals surface area (Å²) in [6.45, 7) is 0. The lowest BCUT2D eigenvalue weighted by atomic mass is 9.97. The highest BCUT2D eigenvalue weighted by Crippen LogP contribution is 2.42. The molecule has 0 aliphatic rings. The fraction of sp³-hybridized carbons (Fsp3) is 0. The van der Waals surface area contributed by atoms with Crippen LogP contribution in [0.4, 0.5) is 17.1 Å². The van der Waals surface area contributed by atoms with Crippen molar-refractivity contribution in [3.05, 3.63) is 200 Å². The SMILES string of the molecule is [2H]c1c([2H])c([2H])c(-c2ccc(N(c3ccc(-c4ccc5sc6ccccc6c5c4)cc3)c3cc(-c4c([2H])c([2H])c([2H])c([2H])c4[2H])cc(-c4c([2H])c([2H])c([2H])c([2H])c4[2H])c3)cc2)c([2H])c1[2H]. The normalized spacial score (nSPS) is 15.4. The van der Waals surface area contributed by atoms with Crippen LogP contribution in [0.2, 0.25) is 0 Å². The second kappa shape index (κ2) is 13.0. The lowest BCUT2D eigenvalue weighted by Gasteiger charge is -2.27. The summed E-state index contributed by atoms with van der Waals surface area (Å²) in [6, 6.07) is 25.6. The van der Waals surface area contributed by atoms with Crippen LogP contribution in [-0.2, 0) is 0 Å². The van der Waals surface area contributed by atoms with Crippen LogP contribution in [0.3, 0.4) is 0 Å². The van der Waals surface area contributed by atoms with E-state index < -0.39 is 78.6 Å². The number of benzene rings is 8. The molecule has 0 aliphatic heterocycles. The molecule has 1 heterocycles. The molecule has 0 spiro atoms. The van der Waals surface area contributed by atoms with E-state index in [0.29, 0.717) is 22.6 Å². The summed E-state index contributed by atoms with van der Waals surface area (Å²) in [6.07, 6.45) is 0. The molecular weight excluding hydrogens is 623 g/mol. The van der Waals surface area contributed by atoms with Crippen molar-refractivity contribution >= 4 is 48.6 Å². The molecule has 8 aromatic carbocycles. The van der Waals surface area contributed by atoms with Crippen molar-refractivity contribution in [2.75, 3.05) is 4.90 Å². The molecule has 0 aliphatic carbocycles.